The number of aromatic amines is 1. The van der Waals surface area contributed by atoms with Gasteiger partial charge in [0.25, 0.3) is 5.56 Å². The van der Waals surface area contributed by atoms with Gasteiger partial charge in [-0.15, -0.1) is 0 Å². The van der Waals surface area contributed by atoms with Gasteiger partial charge in [-0.1, -0.05) is 0 Å². The zero-order valence-corrected chi connectivity index (χ0v) is 16.0. The van der Waals surface area contributed by atoms with E-state index in [1.165, 1.54) is 13.2 Å². The van der Waals surface area contributed by atoms with Gasteiger partial charge in [0, 0.05) is 29.8 Å². The first-order chi connectivity index (χ1) is 12.9. The summed E-state index contributed by atoms with van der Waals surface area (Å²) in [6.45, 7) is -0.0220. The Hall–Kier alpha value is -2.65. The lowest BCUT2D eigenvalue weighted by atomic mass is 9.88. The minimum absolute atomic E-state index is 0.0220. The molecule has 144 valence electrons. The standard InChI is InChI=1S/C18H22N4O4S/c1-25-12-3-4-13(15(7-12)26-2)14-8-16(23)21-18(27)22(14)9-17(24)20-11-5-10(19)6-11/h3-4,7-8,10-11H,5-6,9,19H2,1-2H3,(H,20,24)(H,21,23,27). The predicted molar refractivity (Wildman–Crippen MR) is 104 cm³/mol. The van der Waals surface area contributed by atoms with E-state index in [0.717, 1.165) is 12.8 Å². The number of nitrogens with two attached hydrogens (primary N) is 1. The molecule has 1 aliphatic rings. The first-order valence-corrected chi connectivity index (χ1v) is 8.93. The van der Waals surface area contributed by atoms with E-state index in [0.29, 0.717) is 22.8 Å². The van der Waals surface area contributed by atoms with Crippen LogP contribution in [0.2, 0.25) is 0 Å². The summed E-state index contributed by atoms with van der Waals surface area (Å²) in [7, 11) is 3.08. The van der Waals surface area contributed by atoms with Crippen molar-refractivity contribution in [1.82, 2.24) is 14.9 Å². The second-order valence-electron chi connectivity index (χ2n) is 6.47. The van der Waals surface area contributed by atoms with Crippen LogP contribution in [0.15, 0.2) is 29.1 Å². The molecule has 2 aromatic rings. The molecule has 1 aromatic carbocycles. The first kappa shape index (κ1) is 19.1. The Kier molecular flexibility index (Phi) is 5.62. The smallest absolute Gasteiger partial charge is 0.252 e. The van der Waals surface area contributed by atoms with Gasteiger partial charge >= 0.3 is 0 Å². The third-order valence-corrected chi connectivity index (χ3v) is 4.88. The van der Waals surface area contributed by atoms with E-state index >= 15 is 0 Å². The maximum atomic E-state index is 12.4. The SMILES string of the molecule is COc1ccc(-c2cc(=O)[nH]c(=S)n2CC(=O)NC2CC(N)C2)c(OC)c1. The second-order valence-corrected chi connectivity index (χ2v) is 6.86. The summed E-state index contributed by atoms with van der Waals surface area (Å²) in [6.07, 6.45) is 1.53. The van der Waals surface area contributed by atoms with Gasteiger partial charge in [-0.05, 0) is 37.2 Å². The molecule has 4 N–H and O–H groups in total. The maximum Gasteiger partial charge on any atom is 0.252 e. The van der Waals surface area contributed by atoms with E-state index in [2.05, 4.69) is 10.3 Å². The monoisotopic (exact) mass is 390 g/mol. The number of aromatic nitrogens is 2. The molecule has 3 rings (SSSR count). The highest BCUT2D eigenvalue weighted by molar-refractivity contribution is 7.71. The van der Waals surface area contributed by atoms with E-state index in [1.807, 2.05) is 0 Å². The summed E-state index contributed by atoms with van der Waals surface area (Å²) in [5, 5.41) is 2.93. The fourth-order valence-electron chi connectivity index (χ4n) is 3.11. The molecule has 9 heteroatoms. The van der Waals surface area contributed by atoms with E-state index < -0.39 is 0 Å². The summed E-state index contributed by atoms with van der Waals surface area (Å²) >= 11 is 5.29. The highest BCUT2D eigenvalue weighted by Crippen LogP contribution is 2.32. The Labute approximate surface area is 161 Å². The molecule has 0 aliphatic heterocycles. The van der Waals surface area contributed by atoms with Crippen LogP contribution < -0.4 is 26.1 Å². The number of nitrogens with zero attached hydrogens (tertiary/aromatic N) is 1. The average Bonchev–Trinajstić information content (AvgIpc) is 2.62. The van der Waals surface area contributed by atoms with Crippen molar-refractivity contribution in [2.24, 2.45) is 5.73 Å². The van der Waals surface area contributed by atoms with Gasteiger partial charge < -0.3 is 25.1 Å². The lowest BCUT2D eigenvalue weighted by molar-refractivity contribution is -0.123. The fourth-order valence-corrected chi connectivity index (χ4v) is 3.37. The third-order valence-electron chi connectivity index (χ3n) is 4.56. The molecular weight excluding hydrogens is 368 g/mol. The van der Waals surface area contributed by atoms with Crippen LogP contribution in [0.5, 0.6) is 11.5 Å². The lowest BCUT2D eigenvalue weighted by Crippen LogP contribution is -2.51. The number of H-pyrrole nitrogens is 1. The topological polar surface area (TPSA) is 111 Å². The molecule has 1 fully saturated rings. The van der Waals surface area contributed by atoms with Gasteiger partial charge in [0.05, 0.1) is 19.9 Å². The van der Waals surface area contributed by atoms with Crippen molar-refractivity contribution in [2.75, 3.05) is 14.2 Å². The van der Waals surface area contributed by atoms with Gasteiger partial charge in [0.15, 0.2) is 4.77 Å². The van der Waals surface area contributed by atoms with Crippen LogP contribution in [0.1, 0.15) is 12.8 Å². The highest BCUT2D eigenvalue weighted by atomic mass is 32.1. The zero-order valence-electron chi connectivity index (χ0n) is 15.2. The number of hydrogen-bond donors (Lipinski definition) is 3. The molecule has 8 nitrogen and oxygen atoms in total. The number of hydrogen-bond acceptors (Lipinski definition) is 6. The molecule has 1 aliphatic carbocycles. The summed E-state index contributed by atoms with van der Waals surface area (Å²) in [5.41, 5.74) is 6.53. The maximum absolute atomic E-state index is 12.4. The summed E-state index contributed by atoms with van der Waals surface area (Å²) in [5.74, 6) is 0.932. The van der Waals surface area contributed by atoms with Crippen molar-refractivity contribution in [1.29, 1.82) is 0 Å². The molecule has 0 bridgehead atoms. The Morgan fingerprint density at radius 3 is 2.70 bits per heavy atom. The molecule has 27 heavy (non-hydrogen) atoms. The van der Waals surface area contributed by atoms with Gasteiger partial charge in [-0.25, -0.2) is 0 Å². The number of amides is 1. The Balaban J connectivity index is 1.97. The average molecular weight is 390 g/mol. The van der Waals surface area contributed by atoms with Crippen LogP contribution in [-0.4, -0.2) is 41.8 Å². The summed E-state index contributed by atoms with van der Waals surface area (Å²) in [6, 6.07) is 6.85. The van der Waals surface area contributed by atoms with Crippen molar-refractivity contribution >= 4 is 18.1 Å². The lowest BCUT2D eigenvalue weighted by Gasteiger charge is -2.33. The Morgan fingerprint density at radius 1 is 1.33 bits per heavy atom. The number of methoxy groups -OCH3 is 2. The highest BCUT2D eigenvalue weighted by Gasteiger charge is 2.27. The number of nitrogens with one attached hydrogen (secondary N) is 2. The molecule has 1 saturated carbocycles. The first-order valence-electron chi connectivity index (χ1n) is 8.52. The number of rotatable bonds is 6. The van der Waals surface area contributed by atoms with Crippen LogP contribution in [0.25, 0.3) is 11.3 Å². The minimum Gasteiger partial charge on any atom is -0.497 e. The molecule has 0 unspecified atom stereocenters. The van der Waals surface area contributed by atoms with E-state index in [1.54, 1.807) is 29.9 Å². The second kappa shape index (κ2) is 7.93. The van der Waals surface area contributed by atoms with Crippen molar-refractivity contribution in [3.05, 3.63) is 39.4 Å². The quantitative estimate of drug-likeness (QED) is 0.639. The van der Waals surface area contributed by atoms with E-state index in [-0.39, 0.29) is 34.9 Å². The molecule has 1 aromatic heterocycles. The van der Waals surface area contributed by atoms with E-state index in [9.17, 15) is 9.59 Å². The van der Waals surface area contributed by atoms with Crippen LogP contribution in [0, 0.1) is 4.77 Å². The molecule has 0 atom stereocenters. The Bertz CT molecular complexity index is 963. The minimum atomic E-state index is -0.352. The molecule has 1 amide bonds. The third kappa shape index (κ3) is 4.20. The number of carbonyl (C=O) groups is 1. The number of benzene rings is 1. The normalized spacial score (nSPS) is 18.5. The zero-order chi connectivity index (χ0) is 19.6. The number of ether oxygens (including phenoxy) is 2. The van der Waals surface area contributed by atoms with Crippen molar-refractivity contribution in [3.8, 4) is 22.8 Å². The van der Waals surface area contributed by atoms with E-state index in [4.69, 9.17) is 27.4 Å². The van der Waals surface area contributed by atoms with Crippen molar-refractivity contribution in [2.45, 2.75) is 31.5 Å². The molecule has 0 radical (unpaired) electrons. The molecule has 1 heterocycles. The fraction of sp³-hybridized carbons (Fsp3) is 0.389. The molecule has 0 saturated heterocycles. The van der Waals surface area contributed by atoms with Gasteiger partial charge in [-0.2, -0.15) is 0 Å². The Morgan fingerprint density at radius 2 is 2.07 bits per heavy atom. The summed E-state index contributed by atoms with van der Waals surface area (Å²) < 4.78 is 12.4. The van der Waals surface area contributed by atoms with Crippen molar-refractivity contribution in [3.63, 3.8) is 0 Å². The van der Waals surface area contributed by atoms with Crippen LogP contribution in [-0.2, 0) is 11.3 Å². The summed E-state index contributed by atoms with van der Waals surface area (Å²) in [4.78, 5) is 27.0. The number of carbonyl (C=O) groups excluding carboxylic acids is 1. The largest absolute Gasteiger partial charge is 0.497 e. The van der Waals surface area contributed by atoms with Gasteiger partial charge in [-0.3, -0.25) is 14.6 Å². The van der Waals surface area contributed by atoms with Crippen molar-refractivity contribution < 1.29 is 14.3 Å². The molecule has 0 spiro atoms. The molecular formula is C18H22N4O4S. The van der Waals surface area contributed by atoms with Crippen LogP contribution in [0.4, 0.5) is 0 Å². The van der Waals surface area contributed by atoms with Crippen LogP contribution >= 0.6 is 12.2 Å². The van der Waals surface area contributed by atoms with Gasteiger partial charge in [0.1, 0.15) is 18.0 Å². The van der Waals surface area contributed by atoms with Gasteiger partial charge in [0.2, 0.25) is 5.91 Å². The van der Waals surface area contributed by atoms with Crippen LogP contribution in [0.3, 0.4) is 0 Å². The predicted octanol–water partition coefficient (Wildman–Crippen LogP) is 1.20.